The summed E-state index contributed by atoms with van der Waals surface area (Å²) in [6.45, 7) is 2.33. The van der Waals surface area contributed by atoms with Crippen LogP contribution < -0.4 is 4.74 Å². The lowest BCUT2D eigenvalue weighted by Gasteiger charge is -2.38. The highest BCUT2D eigenvalue weighted by atomic mass is 16.5. The summed E-state index contributed by atoms with van der Waals surface area (Å²) in [5, 5.41) is 0. The first-order valence-corrected chi connectivity index (χ1v) is 11.4. The molecule has 146 valence electrons. The van der Waals surface area contributed by atoms with Crippen LogP contribution >= 0.6 is 0 Å². The first-order valence-electron chi connectivity index (χ1n) is 11.4. The van der Waals surface area contributed by atoms with Crippen molar-refractivity contribution >= 4 is 0 Å². The number of benzene rings is 1. The van der Waals surface area contributed by atoms with E-state index in [9.17, 15) is 0 Å². The third kappa shape index (κ3) is 5.76. The van der Waals surface area contributed by atoms with Crippen LogP contribution in [0.2, 0.25) is 0 Å². The molecule has 1 heteroatoms. The molecule has 0 aliphatic heterocycles. The maximum atomic E-state index is 5.26. The Bertz CT molecular complexity index is 489. The molecule has 0 amide bonds. The molecule has 2 saturated carbocycles. The average molecular weight is 357 g/mol. The maximum absolute atomic E-state index is 5.26. The third-order valence-corrected chi connectivity index (χ3v) is 7.42. The maximum Gasteiger partial charge on any atom is 0.118 e. The monoisotopic (exact) mass is 356 g/mol. The molecule has 0 aromatic heterocycles. The van der Waals surface area contributed by atoms with Crippen molar-refractivity contribution < 1.29 is 4.74 Å². The zero-order valence-electron chi connectivity index (χ0n) is 17.2. The second-order valence-electron chi connectivity index (χ2n) is 9.09. The molecule has 1 nitrogen and oxygen atoms in total. The molecule has 0 radical (unpaired) electrons. The topological polar surface area (TPSA) is 9.23 Å². The van der Waals surface area contributed by atoms with Gasteiger partial charge in [0.1, 0.15) is 5.75 Å². The molecule has 1 aromatic carbocycles. The highest BCUT2D eigenvalue weighted by Crippen LogP contribution is 2.43. The molecule has 3 rings (SSSR count). The van der Waals surface area contributed by atoms with Crippen LogP contribution in [0.15, 0.2) is 24.3 Å². The van der Waals surface area contributed by atoms with Crippen molar-refractivity contribution in [2.75, 3.05) is 7.11 Å². The van der Waals surface area contributed by atoms with Gasteiger partial charge in [0.05, 0.1) is 7.11 Å². The summed E-state index contributed by atoms with van der Waals surface area (Å²) < 4.78 is 5.26. The second kappa shape index (κ2) is 10.4. The molecule has 0 bridgehead atoms. The smallest absolute Gasteiger partial charge is 0.118 e. The molecule has 2 aliphatic carbocycles. The summed E-state index contributed by atoms with van der Waals surface area (Å²) in [5.41, 5.74) is 1.47. The second-order valence-corrected chi connectivity index (χ2v) is 9.09. The number of hydrogen-bond donors (Lipinski definition) is 0. The van der Waals surface area contributed by atoms with E-state index in [0.717, 1.165) is 29.4 Å². The van der Waals surface area contributed by atoms with E-state index < -0.39 is 0 Å². The van der Waals surface area contributed by atoms with Gasteiger partial charge in [-0.1, -0.05) is 64.0 Å². The number of hydrogen-bond acceptors (Lipinski definition) is 1. The Kier molecular flexibility index (Phi) is 7.89. The van der Waals surface area contributed by atoms with E-state index in [1.165, 1.54) is 89.0 Å². The Labute approximate surface area is 161 Å². The zero-order valence-corrected chi connectivity index (χ0v) is 17.2. The molecule has 2 aliphatic rings. The fourth-order valence-corrected chi connectivity index (χ4v) is 5.55. The van der Waals surface area contributed by atoms with Crippen molar-refractivity contribution in [3.8, 4) is 5.75 Å². The predicted molar refractivity (Wildman–Crippen MR) is 112 cm³/mol. The van der Waals surface area contributed by atoms with Crippen molar-refractivity contribution in [2.24, 2.45) is 23.7 Å². The van der Waals surface area contributed by atoms with Crippen LogP contribution in [-0.2, 0) is 6.42 Å². The van der Waals surface area contributed by atoms with E-state index in [-0.39, 0.29) is 0 Å². The Morgan fingerprint density at radius 2 is 1.31 bits per heavy atom. The SMILES string of the molecule is CCCCC1CCC(C2CCC(CCc3ccc(OC)cc3)CC2)CC1. The van der Waals surface area contributed by atoms with E-state index in [4.69, 9.17) is 4.74 Å². The zero-order chi connectivity index (χ0) is 18.2. The largest absolute Gasteiger partial charge is 0.497 e. The number of methoxy groups -OCH3 is 1. The van der Waals surface area contributed by atoms with Crippen molar-refractivity contribution in [1.29, 1.82) is 0 Å². The molecule has 0 atom stereocenters. The van der Waals surface area contributed by atoms with Crippen LogP contribution in [0.25, 0.3) is 0 Å². The molecule has 0 spiro atoms. The quantitative estimate of drug-likeness (QED) is 0.470. The van der Waals surface area contributed by atoms with Gasteiger partial charge in [-0.25, -0.2) is 0 Å². The fraction of sp³-hybridized carbons (Fsp3) is 0.760. The molecular weight excluding hydrogens is 316 g/mol. The lowest BCUT2D eigenvalue weighted by atomic mass is 9.68. The summed E-state index contributed by atoms with van der Waals surface area (Å²) in [5.74, 6) is 5.12. The van der Waals surface area contributed by atoms with Crippen molar-refractivity contribution in [3.63, 3.8) is 0 Å². The highest BCUT2D eigenvalue weighted by molar-refractivity contribution is 5.27. The van der Waals surface area contributed by atoms with E-state index in [2.05, 4.69) is 31.2 Å². The van der Waals surface area contributed by atoms with Gasteiger partial charge < -0.3 is 4.74 Å². The van der Waals surface area contributed by atoms with Crippen LogP contribution in [0, 0.1) is 23.7 Å². The molecule has 0 heterocycles. The molecule has 2 fully saturated rings. The minimum atomic E-state index is 0.967. The molecular formula is C25H40O. The van der Waals surface area contributed by atoms with Crippen molar-refractivity contribution in [3.05, 3.63) is 29.8 Å². The Morgan fingerprint density at radius 3 is 1.81 bits per heavy atom. The molecule has 0 unspecified atom stereocenters. The molecule has 1 aromatic rings. The average Bonchev–Trinajstić information content (AvgIpc) is 2.72. The molecule has 26 heavy (non-hydrogen) atoms. The molecule has 0 saturated heterocycles. The van der Waals surface area contributed by atoms with Gasteiger partial charge in [-0.3, -0.25) is 0 Å². The Morgan fingerprint density at radius 1 is 0.769 bits per heavy atom. The van der Waals surface area contributed by atoms with Crippen LogP contribution in [0.5, 0.6) is 5.75 Å². The van der Waals surface area contributed by atoms with Gasteiger partial charge in [0.25, 0.3) is 0 Å². The minimum Gasteiger partial charge on any atom is -0.497 e. The van der Waals surface area contributed by atoms with Crippen molar-refractivity contribution in [1.82, 2.24) is 0 Å². The third-order valence-electron chi connectivity index (χ3n) is 7.42. The van der Waals surface area contributed by atoms with Gasteiger partial charge in [-0.05, 0) is 79.9 Å². The van der Waals surface area contributed by atoms with Crippen molar-refractivity contribution in [2.45, 2.75) is 90.4 Å². The van der Waals surface area contributed by atoms with Gasteiger partial charge in [-0.2, -0.15) is 0 Å². The summed E-state index contributed by atoms with van der Waals surface area (Å²) in [6, 6.07) is 8.68. The summed E-state index contributed by atoms with van der Waals surface area (Å²) in [7, 11) is 1.74. The number of rotatable bonds is 8. The van der Waals surface area contributed by atoms with Gasteiger partial charge in [0, 0.05) is 0 Å². The standard InChI is InChI=1S/C25H40O/c1-3-4-5-20-8-14-23(15-9-20)24-16-10-21(11-17-24)6-7-22-12-18-25(26-2)19-13-22/h12-13,18-21,23-24H,3-11,14-17H2,1-2H3. The molecule has 0 N–H and O–H groups in total. The lowest BCUT2D eigenvalue weighted by Crippen LogP contribution is -2.26. The highest BCUT2D eigenvalue weighted by Gasteiger charge is 2.30. The first-order chi connectivity index (χ1) is 12.8. The van der Waals surface area contributed by atoms with E-state index in [0.29, 0.717) is 0 Å². The van der Waals surface area contributed by atoms with Crippen LogP contribution in [-0.4, -0.2) is 7.11 Å². The minimum absolute atomic E-state index is 0.967. The Hall–Kier alpha value is -0.980. The summed E-state index contributed by atoms with van der Waals surface area (Å²) in [4.78, 5) is 0. The van der Waals surface area contributed by atoms with E-state index in [1.54, 1.807) is 7.11 Å². The van der Waals surface area contributed by atoms with Crippen LogP contribution in [0.4, 0.5) is 0 Å². The number of aryl methyl sites for hydroxylation is 1. The van der Waals surface area contributed by atoms with Crippen LogP contribution in [0.3, 0.4) is 0 Å². The van der Waals surface area contributed by atoms with Gasteiger partial charge in [0.2, 0.25) is 0 Å². The first kappa shape index (κ1) is 19.8. The number of ether oxygens (including phenoxy) is 1. The number of unbranched alkanes of at least 4 members (excludes halogenated alkanes) is 1. The normalized spacial score (nSPS) is 29.5. The summed E-state index contributed by atoms with van der Waals surface area (Å²) in [6.07, 6.45) is 19.1. The van der Waals surface area contributed by atoms with Gasteiger partial charge in [-0.15, -0.1) is 0 Å². The fourth-order valence-electron chi connectivity index (χ4n) is 5.55. The van der Waals surface area contributed by atoms with E-state index in [1.807, 2.05) is 0 Å². The summed E-state index contributed by atoms with van der Waals surface area (Å²) >= 11 is 0. The predicted octanol–water partition coefficient (Wildman–Crippen LogP) is 7.43. The van der Waals surface area contributed by atoms with E-state index >= 15 is 0 Å². The Balaban J connectivity index is 1.34. The van der Waals surface area contributed by atoms with Crippen LogP contribution in [0.1, 0.15) is 89.5 Å². The van der Waals surface area contributed by atoms with Gasteiger partial charge in [0.15, 0.2) is 0 Å². The van der Waals surface area contributed by atoms with Gasteiger partial charge >= 0.3 is 0 Å². The lowest BCUT2D eigenvalue weighted by molar-refractivity contribution is 0.140.